The van der Waals surface area contributed by atoms with E-state index in [1.807, 2.05) is 20.8 Å². The number of carboxylic acids is 1. The average molecular weight is 351 g/mol. The third-order valence-electron chi connectivity index (χ3n) is 3.29. The molecule has 7 heteroatoms. The van der Waals surface area contributed by atoms with Gasteiger partial charge in [-0.25, -0.2) is 4.79 Å². The molecule has 1 aromatic rings. The van der Waals surface area contributed by atoms with E-state index < -0.39 is 23.0 Å². The Labute approximate surface area is 135 Å². The second kappa shape index (κ2) is 5.49. The SMILES string of the molecule is CC(C)(C)c1cc2c(cc1Cl)C=C(C(=O)O)[C@@H](C(F)(F)F)S2. The van der Waals surface area contributed by atoms with Gasteiger partial charge < -0.3 is 5.11 Å². The molecule has 0 spiro atoms. The highest BCUT2D eigenvalue weighted by Crippen LogP contribution is 2.47. The van der Waals surface area contributed by atoms with Gasteiger partial charge in [0.1, 0.15) is 5.25 Å². The number of carboxylic acid groups (broad SMARTS) is 1. The number of rotatable bonds is 1. The van der Waals surface area contributed by atoms with Crippen LogP contribution in [0.4, 0.5) is 13.2 Å². The number of aliphatic carboxylic acids is 1. The molecule has 2 rings (SSSR count). The van der Waals surface area contributed by atoms with Crippen LogP contribution < -0.4 is 0 Å². The molecule has 1 N–H and O–H groups in total. The Bertz CT molecular complexity index is 660. The number of fused-ring (bicyclic) bond motifs is 1. The largest absolute Gasteiger partial charge is 0.478 e. The molecule has 22 heavy (non-hydrogen) atoms. The molecule has 0 amide bonds. The van der Waals surface area contributed by atoms with Crippen molar-refractivity contribution in [1.29, 1.82) is 0 Å². The minimum Gasteiger partial charge on any atom is -0.478 e. The van der Waals surface area contributed by atoms with Gasteiger partial charge in [-0.2, -0.15) is 13.2 Å². The first kappa shape index (κ1) is 17.2. The van der Waals surface area contributed by atoms with Crippen molar-refractivity contribution in [1.82, 2.24) is 0 Å². The van der Waals surface area contributed by atoms with E-state index in [1.54, 1.807) is 6.07 Å². The summed E-state index contributed by atoms with van der Waals surface area (Å²) < 4.78 is 39.3. The van der Waals surface area contributed by atoms with E-state index in [1.165, 1.54) is 6.07 Å². The van der Waals surface area contributed by atoms with Gasteiger partial charge in [-0.3, -0.25) is 0 Å². The Morgan fingerprint density at radius 1 is 1.27 bits per heavy atom. The lowest BCUT2D eigenvalue weighted by atomic mass is 9.86. The molecule has 1 aromatic carbocycles. The van der Waals surface area contributed by atoms with Crippen molar-refractivity contribution in [2.45, 2.75) is 42.5 Å². The van der Waals surface area contributed by atoms with E-state index in [4.69, 9.17) is 16.7 Å². The third-order valence-corrected chi connectivity index (χ3v) is 4.97. The van der Waals surface area contributed by atoms with Crippen LogP contribution >= 0.6 is 23.4 Å². The van der Waals surface area contributed by atoms with Gasteiger partial charge in [0.05, 0.1) is 5.57 Å². The number of carbonyl (C=O) groups is 1. The van der Waals surface area contributed by atoms with Crippen LogP contribution in [0.2, 0.25) is 5.02 Å². The molecule has 2 nitrogen and oxygen atoms in total. The highest BCUT2D eigenvalue weighted by Gasteiger charge is 2.47. The van der Waals surface area contributed by atoms with Gasteiger partial charge in [-0.15, -0.1) is 11.8 Å². The first-order valence-corrected chi connectivity index (χ1v) is 7.69. The first-order valence-electron chi connectivity index (χ1n) is 6.43. The standard InChI is InChI=1S/C15H14ClF3O2S/c1-14(2,3)9-6-11-7(5-10(9)16)4-8(13(20)21)12(22-11)15(17,18)19/h4-6,12H,1-3H3,(H,20,21)/t12-/m0/s1. The lowest BCUT2D eigenvalue weighted by Crippen LogP contribution is -2.32. The molecule has 0 saturated carbocycles. The predicted molar refractivity (Wildman–Crippen MR) is 81.5 cm³/mol. The van der Waals surface area contributed by atoms with Crippen molar-refractivity contribution in [2.24, 2.45) is 0 Å². The maximum absolute atomic E-state index is 13.1. The normalized spacial score (nSPS) is 18.7. The molecule has 0 unspecified atom stereocenters. The summed E-state index contributed by atoms with van der Waals surface area (Å²) in [5.74, 6) is -1.57. The second-order valence-corrected chi connectivity index (χ2v) is 7.62. The molecule has 1 aliphatic heterocycles. The molecule has 0 saturated heterocycles. The zero-order chi connectivity index (χ0) is 16.9. The number of benzene rings is 1. The summed E-state index contributed by atoms with van der Waals surface area (Å²) >= 11 is 6.70. The van der Waals surface area contributed by atoms with E-state index in [-0.39, 0.29) is 5.41 Å². The molecule has 0 bridgehead atoms. The molecule has 0 fully saturated rings. The van der Waals surface area contributed by atoms with Crippen LogP contribution in [0.25, 0.3) is 6.08 Å². The van der Waals surface area contributed by atoms with Crippen molar-refractivity contribution in [3.63, 3.8) is 0 Å². The molecule has 120 valence electrons. The van der Waals surface area contributed by atoms with Gasteiger partial charge in [0.15, 0.2) is 0 Å². The maximum atomic E-state index is 13.1. The van der Waals surface area contributed by atoms with Crippen molar-refractivity contribution >= 4 is 35.4 Å². The Morgan fingerprint density at radius 3 is 2.32 bits per heavy atom. The van der Waals surface area contributed by atoms with E-state index in [2.05, 4.69) is 0 Å². The summed E-state index contributed by atoms with van der Waals surface area (Å²) in [7, 11) is 0. The average Bonchev–Trinajstić information content (AvgIpc) is 2.33. The first-order chi connectivity index (χ1) is 9.91. The van der Waals surface area contributed by atoms with Crippen molar-refractivity contribution in [3.05, 3.63) is 33.9 Å². The van der Waals surface area contributed by atoms with Crippen LogP contribution in [0, 0.1) is 0 Å². The van der Waals surface area contributed by atoms with Gasteiger partial charge in [0.25, 0.3) is 0 Å². The van der Waals surface area contributed by atoms with Gasteiger partial charge in [-0.1, -0.05) is 32.4 Å². The number of alkyl halides is 3. The highest BCUT2D eigenvalue weighted by molar-refractivity contribution is 8.00. The summed E-state index contributed by atoms with van der Waals surface area (Å²) in [4.78, 5) is 11.5. The van der Waals surface area contributed by atoms with Crippen LogP contribution in [0.5, 0.6) is 0 Å². The fourth-order valence-electron chi connectivity index (χ4n) is 2.21. The molecule has 0 radical (unpaired) electrons. The topological polar surface area (TPSA) is 37.3 Å². The smallest absolute Gasteiger partial charge is 0.405 e. The van der Waals surface area contributed by atoms with E-state index >= 15 is 0 Å². The van der Waals surface area contributed by atoms with Gasteiger partial charge in [0.2, 0.25) is 0 Å². The zero-order valence-electron chi connectivity index (χ0n) is 12.1. The van der Waals surface area contributed by atoms with Gasteiger partial charge in [-0.05, 0) is 34.8 Å². The molecule has 1 atom stereocenters. The fourth-order valence-corrected chi connectivity index (χ4v) is 3.79. The molecule has 1 heterocycles. The maximum Gasteiger partial charge on any atom is 0.405 e. The fraction of sp³-hybridized carbons (Fsp3) is 0.400. The van der Waals surface area contributed by atoms with Crippen LogP contribution in [0.1, 0.15) is 31.9 Å². The molecule has 0 aliphatic carbocycles. The molecular weight excluding hydrogens is 337 g/mol. The predicted octanol–water partition coefficient (Wildman–Crippen LogP) is 5.14. The Kier molecular flexibility index (Phi) is 4.30. The lowest BCUT2D eigenvalue weighted by molar-refractivity contribution is -0.140. The summed E-state index contributed by atoms with van der Waals surface area (Å²) in [5.41, 5.74) is 0.135. The second-order valence-electron chi connectivity index (χ2n) is 6.06. The van der Waals surface area contributed by atoms with E-state index in [9.17, 15) is 18.0 Å². The molecule has 0 aromatic heterocycles. The minimum absolute atomic E-state index is 0.322. The van der Waals surface area contributed by atoms with Crippen molar-refractivity contribution < 1.29 is 23.1 Å². The van der Waals surface area contributed by atoms with Crippen LogP contribution in [-0.4, -0.2) is 22.5 Å². The number of thioether (sulfide) groups is 1. The van der Waals surface area contributed by atoms with E-state index in [0.717, 1.165) is 11.6 Å². The van der Waals surface area contributed by atoms with Crippen LogP contribution in [0.3, 0.4) is 0 Å². The summed E-state index contributed by atoms with van der Waals surface area (Å²) in [6.45, 7) is 5.73. The van der Waals surface area contributed by atoms with Crippen LogP contribution in [0.15, 0.2) is 22.6 Å². The van der Waals surface area contributed by atoms with Crippen molar-refractivity contribution in [2.75, 3.05) is 0 Å². The molecular formula is C15H14ClF3O2S. The van der Waals surface area contributed by atoms with Crippen molar-refractivity contribution in [3.8, 4) is 0 Å². The summed E-state index contributed by atoms with van der Waals surface area (Å²) in [6, 6.07) is 3.15. The summed E-state index contributed by atoms with van der Waals surface area (Å²) in [6.07, 6.45) is -3.57. The van der Waals surface area contributed by atoms with Gasteiger partial charge >= 0.3 is 12.1 Å². The van der Waals surface area contributed by atoms with Crippen LogP contribution in [-0.2, 0) is 10.2 Å². The number of hydrogen-bond acceptors (Lipinski definition) is 2. The Balaban J connectivity index is 2.61. The zero-order valence-corrected chi connectivity index (χ0v) is 13.7. The Hall–Kier alpha value is -1.14. The minimum atomic E-state index is -4.63. The number of hydrogen-bond donors (Lipinski definition) is 1. The van der Waals surface area contributed by atoms with E-state index in [0.29, 0.717) is 27.2 Å². The van der Waals surface area contributed by atoms with Gasteiger partial charge in [0, 0.05) is 9.92 Å². The Morgan fingerprint density at radius 2 is 1.86 bits per heavy atom. The highest BCUT2D eigenvalue weighted by atomic mass is 35.5. The quantitative estimate of drug-likeness (QED) is 0.761. The number of halogens is 4. The molecule has 1 aliphatic rings. The lowest BCUT2D eigenvalue weighted by Gasteiger charge is -2.28. The summed E-state index contributed by atoms with van der Waals surface area (Å²) in [5, 5.41) is 7.37. The third kappa shape index (κ3) is 3.27. The monoisotopic (exact) mass is 350 g/mol.